The van der Waals surface area contributed by atoms with Gasteiger partial charge in [-0.15, -0.1) is 5.10 Å². The van der Waals surface area contributed by atoms with Gasteiger partial charge in [-0.3, -0.25) is 4.72 Å². The summed E-state index contributed by atoms with van der Waals surface area (Å²) < 4.78 is 29.4. The third-order valence-corrected chi connectivity index (χ3v) is 5.88. The number of hydrogen-bond acceptors (Lipinski definition) is 5. The molecule has 1 N–H and O–H groups in total. The van der Waals surface area contributed by atoms with Crippen molar-refractivity contribution in [2.75, 3.05) is 4.72 Å². The minimum atomic E-state index is -3.74. The highest BCUT2D eigenvalue weighted by atomic mass is 35.5. The Hall–Kier alpha value is -2.45. The summed E-state index contributed by atoms with van der Waals surface area (Å²) >= 11 is 6.16. The predicted octanol–water partition coefficient (Wildman–Crippen LogP) is 2.61. The topological polar surface area (TPSA) is 89.8 Å². The summed E-state index contributed by atoms with van der Waals surface area (Å²) in [6.45, 7) is 0. The summed E-state index contributed by atoms with van der Waals surface area (Å²) in [5.74, 6) is 0. The van der Waals surface area contributed by atoms with Gasteiger partial charge in [-0.2, -0.15) is 0 Å². The van der Waals surface area contributed by atoms with Gasteiger partial charge in [0.2, 0.25) is 0 Å². The molecule has 0 spiro atoms. The summed E-state index contributed by atoms with van der Waals surface area (Å²) in [4.78, 5) is 0.233. The number of sulfonamides is 1. The van der Waals surface area contributed by atoms with Crippen LogP contribution in [-0.2, 0) is 22.9 Å². The number of tetrazole rings is 1. The molecule has 1 aliphatic rings. The molecule has 3 aromatic rings. The van der Waals surface area contributed by atoms with Gasteiger partial charge in [0.25, 0.3) is 10.0 Å². The fourth-order valence-electron chi connectivity index (χ4n) is 2.93. The van der Waals surface area contributed by atoms with Crippen molar-refractivity contribution < 1.29 is 8.42 Å². The quantitative estimate of drug-likeness (QED) is 0.757. The highest BCUT2D eigenvalue weighted by Crippen LogP contribution is 2.29. The Morgan fingerprint density at radius 3 is 2.72 bits per heavy atom. The van der Waals surface area contributed by atoms with Crippen LogP contribution in [-0.4, -0.2) is 28.6 Å². The number of aryl methyl sites for hydroxylation is 2. The fraction of sp³-hybridized carbons (Fsp3) is 0.188. The van der Waals surface area contributed by atoms with Crippen LogP contribution < -0.4 is 4.72 Å². The minimum absolute atomic E-state index is 0.233. The van der Waals surface area contributed by atoms with Gasteiger partial charge in [0.1, 0.15) is 6.33 Å². The van der Waals surface area contributed by atoms with Crippen molar-refractivity contribution in [1.82, 2.24) is 20.2 Å². The second-order valence-corrected chi connectivity index (χ2v) is 7.90. The minimum Gasteiger partial charge on any atom is -0.278 e. The van der Waals surface area contributed by atoms with Crippen molar-refractivity contribution in [1.29, 1.82) is 0 Å². The van der Waals surface area contributed by atoms with E-state index in [1.165, 1.54) is 16.6 Å². The lowest BCUT2D eigenvalue weighted by Crippen LogP contribution is -2.14. The van der Waals surface area contributed by atoms with E-state index in [4.69, 9.17) is 11.6 Å². The van der Waals surface area contributed by atoms with Crippen molar-refractivity contribution in [3.63, 3.8) is 0 Å². The number of fused-ring (bicyclic) bond motifs is 1. The molecular formula is C16H14ClN5O2S. The Morgan fingerprint density at radius 2 is 1.92 bits per heavy atom. The predicted molar refractivity (Wildman–Crippen MR) is 93.4 cm³/mol. The second kappa shape index (κ2) is 6.12. The van der Waals surface area contributed by atoms with Gasteiger partial charge in [0.05, 0.1) is 21.3 Å². The Kier molecular flexibility index (Phi) is 3.93. The summed E-state index contributed by atoms with van der Waals surface area (Å²) in [6.07, 6.45) is 4.39. The Labute approximate surface area is 149 Å². The number of halogens is 1. The molecule has 2 aromatic carbocycles. The molecule has 0 atom stereocenters. The van der Waals surface area contributed by atoms with Crippen LogP contribution in [0.15, 0.2) is 47.6 Å². The molecule has 0 radical (unpaired) electrons. The molecule has 0 aliphatic heterocycles. The molecule has 0 amide bonds. The van der Waals surface area contributed by atoms with E-state index in [2.05, 4.69) is 20.2 Å². The number of hydrogen-bond donors (Lipinski definition) is 1. The first-order valence-corrected chi connectivity index (χ1v) is 9.56. The maximum absolute atomic E-state index is 12.7. The van der Waals surface area contributed by atoms with E-state index in [9.17, 15) is 8.42 Å². The molecule has 0 bridgehead atoms. The van der Waals surface area contributed by atoms with Crippen molar-refractivity contribution in [2.24, 2.45) is 0 Å². The van der Waals surface area contributed by atoms with E-state index in [0.29, 0.717) is 10.7 Å². The highest BCUT2D eigenvalue weighted by molar-refractivity contribution is 7.92. The monoisotopic (exact) mass is 375 g/mol. The van der Waals surface area contributed by atoms with E-state index >= 15 is 0 Å². The van der Waals surface area contributed by atoms with Crippen LogP contribution in [0.4, 0.5) is 5.69 Å². The molecule has 1 heterocycles. The van der Waals surface area contributed by atoms with E-state index < -0.39 is 10.0 Å². The molecule has 4 rings (SSSR count). The molecular weight excluding hydrogens is 362 g/mol. The zero-order valence-electron chi connectivity index (χ0n) is 13.1. The lowest BCUT2D eigenvalue weighted by atomic mass is 10.1. The second-order valence-electron chi connectivity index (χ2n) is 5.81. The number of nitrogens with one attached hydrogen (secondary N) is 1. The van der Waals surface area contributed by atoms with Crippen LogP contribution in [0.5, 0.6) is 0 Å². The van der Waals surface area contributed by atoms with E-state index in [1.807, 2.05) is 6.07 Å². The van der Waals surface area contributed by atoms with Crippen molar-refractivity contribution in [2.45, 2.75) is 24.2 Å². The lowest BCUT2D eigenvalue weighted by Gasteiger charge is -2.12. The van der Waals surface area contributed by atoms with Crippen LogP contribution >= 0.6 is 11.6 Å². The van der Waals surface area contributed by atoms with Gasteiger partial charge in [0, 0.05) is 0 Å². The molecule has 0 fully saturated rings. The van der Waals surface area contributed by atoms with Crippen LogP contribution in [0.25, 0.3) is 5.69 Å². The average Bonchev–Trinajstić information content (AvgIpc) is 3.27. The third kappa shape index (κ3) is 3.10. The molecule has 0 saturated heterocycles. The third-order valence-electron chi connectivity index (χ3n) is 4.19. The molecule has 9 heteroatoms. The highest BCUT2D eigenvalue weighted by Gasteiger charge is 2.20. The Bertz CT molecular complexity index is 1030. The van der Waals surface area contributed by atoms with E-state index in [0.717, 1.165) is 24.8 Å². The zero-order chi connectivity index (χ0) is 17.4. The van der Waals surface area contributed by atoms with Crippen LogP contribution in [0.1, 0.15) is 17.5 Å². The Morgan fingerprint density at radius 1 is 1.08 bits per heavy atom. The zero-order valence-corrected chi connectivity index (χ0v) is 14.6. The number of rotatable bonds is 4. The SMILES string of the molecule is O=S(=O)(Nc1cc(-n2cnnn2)ccc1Cl)c1ccc2c(c1)CCC2. The Balaban J connectivity index is 1.68. The lowest BCUT2D eigenvalue weighted by molar-refractivity contribution is 0.601. The first kappa shape index (κ1) is 16.0. The number of benzene rings is 2. The van der Waals surface area contributed by atoms with Crippen LogP contribution in [0.3, 0.4) is 0 Å². The van der Waals surface area contributed by atoms with Gasteiger partial charge in [-0.05, 0) is 71.1 Å². The number of aromatic nitrogens is 4. The number of nitrogens with zero attached hydrogens (tertiary/aromatic N) is 4. The van der Waals surface area contributed by atoms with E-state index in [-0.39, 0.29) is 10.6 Å². The first-order chi connectivity index (χ1) is 12.0. The molecule has 25 heavy (non-hydrogen) atoms. The van der Waals surface area contributed by atoms with Gasteiger partial charge in [0.15, 0.2) is 0 Å². The normalized spacial score (nSPS) is 13.6. The van der Waals surface area contributed by atoms with Crippen molar-refractivity contribution in [3.05, 3.63) is 58.9 Å². The molecule has 7 nitrogen and oxygen atoms in total. The maximum atomic E-state index is 12.7. The molecule has 128 valence electrons. The van der Waals surface area contributed by atoms with Gasteiger partial charge in [-0.25, -0.2) is 13.1 Å². The maximum Gasteiger partial charge on any atom is 0.261 e. The van der Waals surface area contributed by atoms with Gasteiger partial charge in [-0.1, -0.05) is 17.7 Å². The largest absolute Gasteiger partial charge is 0.278 e. The number of anilines is 1. The van der Waals surface area contributed by atoms with Gasteiger partial charge >= 0.3 is 0 Å². The van der Waals surface area contributed by atoms with Crippen molar-refractivity contribution >= 4 is 27.3 Å². The first-order valence-electron chi connectivity index (χ1n) is 7.70. The summed E-state index contributed by atoms with van der Waals surface area (Å²) in [5, 5.41) is 11.2. The fourth-order valence-corrected chi connectivity index (χ4v) is 4.27. The van der Waals surface area contributed by atoms with Crippen LogP contribution in [0.2, 0.25) is 5.02 Å². The van der Waals surface area contributed by atoms with Crippen LogP contribution in [0, 0.1) is 0 Å². The standard InChI is InChI=1S/C16H14ClN5O2S/c17-15-7-5-13(22-10-18-20-21-22)9-16(15)19-25(23,24)14-6-4-11-2-1-3-12(11)8-14/h4-10,19H,1-3H2. The van der Waals surface area contributed by atoms with E-state index in [1.54, 1.807) is 30.3 Å². The summed E-state index contributed by atoms with van der Waals surface area (Å²) in [7, 11) is -3.74. The van der Waals surface area contributed by atoms with Gasteiger partial charge < -0.3 is 0 Å². The molecule has 1 aliphatic carbocycles. The summed E-state index contributed by atoms with van der Waals surface area (Å²) in [6, 6.07) is 10.1. The average molecular weight is 376 g/mol. The summed E-state index contributed by atoms with van der Waals surface area (Å²) in [5.41, 5.74) is 3.19. The smallest absolute Gasteiger partial charge is 0.261 e. The van der Waals surface area contributed by atoms with Crippen molar-refractivity contribution in [3.8, 4) is 5.69 Å². The molecule has 1 aromatic heterocycles. The molecule has 0 unspecified atom stereocenters. The molecule has 0 saturated carbocycles.